The Morgan fingerprint density at radius 1 is 1.53 bits per heavy atom. The zero-order valence-electron chi connectivity index (χ0n) is 9.58. The molecule has 1 aliphatic heterocycles. The number of amides is 2. The van der Waals surface area contributed by atoms with Crippen LogP contribution in [-0.2, 0) is 16.0 Å². The number of hydrogen-bond acceptors (Lipinski definition) is 3. The summed E-state index contributed by atoms with van der Waals surface area (Å²) in [4.78, 5) is 22.9. The van der Waals surface area contributed by atoms with Gasteiger partial charge in [-0.25, -0.2) is 0 Å². The van der Waals surface area contributed by atoms with Crippen molar-refractivity contribution in [1.82, 2.24) is 5.32 Å². The Bertz CT molecular complexity index is 457. The fourth-order valence-electron chi connectivity index (χ4n) is 1.72. The predicted molar refractivity (Wildman–Crippen MR) is 63.0 cm³/mol. The highest BCUT2D eigenvalue weighted by atomic mass is 16.5. The van der Waals surface area contributed by atoms with Gasteiger partial charge >= 0.3 is 0 Å². The highest BCUT2D eigenvalue weighted by Crippen LogP contribution is 2.23. The summed E-state index contributed by atoms with van der Waals surface area (Å²) in [5.41, 5.74) is 2.21. The first-order valence-electron chi connectivity index (χ1n) is 5.40. The van der Waals surface area contributed by atoms with Crippen molar-refractivity contribution >= 4 is 17.5 Å². The van der Waals surface area contributed by atoms with Crippen LogP contribution in [0.5, 0.6) is 0 Å². The third-order valence-corrected chi connectivity index (χ3v) is 2.59. The van der Waals surface area contributed by atoms with Crippen LogP contribution in [0.3, 0.4) is 0 Å². The molecule has 0 aliphatic carbocycles. The summed E-state index contributed by atoms with van der Waals surface area (Å²) in [5, 5.41) is 5.44. The number of fused-ring (bicyclic) bond motifs is 1. The number of benzene rings is 1. The van der Waals surface area contributed by atoms with E-state index in [9.17, 15) is 9.59 Å². The molecule has 0 aromatic heterocycles. The van der Waals surface area contributed by atoms with Crippen LogP contribution < -0.4 is 10.6 Å². The number of anilines is 1. The normalized spacial score (nSPS) is 13.1. The molecule has 0 atom stereocenters. The van der Waals surface area contributed by atoms with Crippen LogP contribution in [-0.4, -0.2) is 32.1 Å². The van der Waals surface area contributed by atoms with Gasteiger partial charge in [-0.1, -0.05) is 6.07 Å². The molecule has 1 aromatic rings. The molecule has 2 rings (SSSR count). The van der Waals surface area contributed by atoms with Crippen molar-refractivity contribution in [2.75, 3.05) is 25.6 Å². The van der Waals surface area contributed by atoms with Gasteiger partial charge in [-0.15, -0.1) is 0 Å². The van der Waals surface area contributed by atoms with Crippen molar-refractivity contribution in [2.45, 2.75) is 6.42 Å². The molecule has 0 fully saturated rings. The summed E-state index contributed by atoms with van der Waals surface area (Å²) in [6, 6.07) is 5.22. The van der Waals surface area contributed by atoms with Crippen molar-refractivity contribution in [3.8, 4) is 0 Å². The summed E-state index contributed by atoms with van der Waals surface area (Å²) in [5.74, 6) is -0.192. The molecule has 2 N–H and O–H groups in total. The molecular weight excluding hydrogens is 220 g/mol. The van der Waals surface area contributed by atoms with Crippen LogP contribution in [0, 0.1) is 0 Å². The Morgan fingerprint density at radius 3 is 3.12 bits per heavy atom. The second-order valence-corrected chi connectivity index (χ2v) is 3.85. The molecule has 2 amide bonds. The van der Waals surface area contributed by atoms with Crippen LogP contribution in [0.1, 0.15) is 15.9 Å². The van der Waals surface area contributed by atoms with Gasteiger partial charge in [0.15, 0.2) is 0 Å². The van der Waals surface area contributed by atoms with Gasteiger partial charge in [-0.05, 0) is 17.7 Å². The van der Waals surface area contributed by atoms with Crippen LogP contribution in [0.25, 0.3) is 0 Å². The highest BCUT2D eigenvalue weighted by Gasteiger charge is 2.18. The first-order chi connectivity index (χ1) is 8.20. The summed E-state index contributed by atoms with van der Waals surface area (Å²) in [7, 11) is 1.58. The second-order valence-electron chi connectivity index (χ2n) is 3.85. The molecule has 5 nitrogen and oxygen atoms in total. The maximum absolute atomic E-state index is 11.7. The Hall–Kier alpha value is -1.88. The molecule has 0 saturated carbocycles. The lowest BCUT2D eigenvalue weighted by atomic mass is 10.1. The number of methoxy groups -OCH3 is 1. The molecule has 17 heavy (non-hydrogen) atoms. The van der Waals surface area contributed by atoms with E-state index in [2.05, 4.69) is 10.6 Å². The monoisotopic (exact) mass is 234 g/mol. The zero-order valence-corrected chi connectivity index (χ0v) is 9.58. The molecule has 90 valence electrons. The van der Waals surface area contributed by atoms with Gasteiger partial charge in [0, 0.05) is 24.9 Å². The van der Waals surface area contributed by atoms with Gasteiger partial charge in [0.25, 0.3) is 5.91 Å². The van der Waals surface area contributed by atoms with Gasteiger partial charge in [0.1, 0.15) is 0 Å². The van der Waals surface area contributed by atoms with Gasteiger partial charge in [0.2, 0.25) is 5.91 Å². The molecule has 1 aliphatic rings. The molecule has 1 aromatic carbocycles. The SMILES string of the molecule is COCCNC(=O)c1ccc2c(c1)NC(=O)C2. The molecule has 0 unspecified atom stereocenters. The number of nitrogens with one attached hydrogen (secondary N) is 2. The summed E-state index contributed by atoms with van der Waals surface area (Å²) < 4.78 is 4.84. The first kappa shape index (κ1) is 11.6. The molecule has 5 heteroatoms. The lowest BCUT2D eigenvalue weighted by molar-refractivity contribution is -0.115. The van der Waals surface area contributed by atoms with E-state index in [1.807, 2.05) is 0 Å². The number of hydrogen-bond donors (Lipinski definition) is 2. The second kappa shape index (κ2) is 4.97. The van der Waals surface area contributed by atoms with Crippen LogP contribution in [0.15, 0.2) is 18.2 Å². The minimum absolute atomic E-state index is 0.0306. The van der Waals surface area contributed by atoms with E-state index in [1.54, 1.807) is 25.3 Å². The lowest BCUT2D eigenvalue weighted by Crippen LogP contribution is -2.26. The molecule has 0 spiro atoms. The van der Waals surface area contributed by atoms with Gasteiger partial charge in [0.05, 0.1) is 13.0 Å². The van der Waals surface area contributed by atoms with Crippen LogP contribution >= 0.6 is 0 Å². The quantitative estimate of drug-likeness (QED) is 0.748. The van der Waals surface area contributed by atoms with Crippen molar-refractivity contribution in [2.24, 2.45) is 0 Å². The minimum Gasteiger partial charge on any atom is -0.383 e. The Balaban J connectivity index is 2.05. The molecule has 0 saturated heterocycles. The predicted octanol–water partition coefficient (Wildman–Crippen LogP) is 0.557. The van der Waals surface area contributed by atoms with Gasteiger partial charge < -0.3 is 15.4 Å². The smallest absolute Gasteiger partial charge is 0.251 e. The van der Waals surface area contributed by atoms with Crippen LogP contribution in [0.4, 0.5) is 5.69 Å². The molecule has 0 bridgehead atoms. The highest BCUT2D eigenvalue weighted by molar-refractivity contribution is 6.02. The van der Waals surface area contributed by atoms with E-state index >= 15 is 0 Å². The average Bonchev–Trinajstić information content (AvgIpc) is 2.68. The van der Waals surface area contributed by atoms with E-state index in [0.717, 1.165) is 11.3 Å². The summed E-state index contributed by atoms with van der Waals surface area (Å²) in [6.45, 7) is 0.951. The topological polar surface area (TPSA) is 67.4 Å². The third-order valence-electron chi connectivity index (χ3n) is 2.59. The largest absolute Gasteiger partial charge is 0.383 e. The number of carbonyl (C=O) groups excluding carboxylic acids is 2. The maximum Gasteiger partial charge on any atom is 0.251 e. The maximum atomic E-state index is 11.7. The number of rotatable bonds is 4. The zero-order chi connectivity index (χ0) is 12.3. The number of carbonyl (C=O) groups is 2. The summed E-state index contributed by atoms with van der Waals surface area (Å²) >= 11 is 0. The van der Waals surface area contributed by atoms with Crippen molar-refractivity contribution in [3.63, 3.8) is 0 Å². The lowest BCUT2D eigenvalue weighted by Gasteiger charge is -2.06. The molecule has 1 heterocycles. The average molecular weight is 234 g/mol. The standard InChI is InChI=1S/C12H14N2O3/c1-17-5-4-13-12(16)9-3-2-8-7-11(15)14-10(8)6-9/h2-3,6H,4-5,7H2,1H3,(H,13,16)(H,14,15). The van der Waals surface area contributed by atoms with Crippen molar-refractivity contribution in [3.05, 3.63) is 29.3 Å². The van der Waals surface area contributed by atoms with Crippen molar-refractivity contribution in [1.29, 1.82) is 0 Å². The van der Waals surface area contributed by atoms with E-state index in [1.165, 1.54) is 0 Å². The van der Waals surface area contributed by atoms with Crippen molar-refractivity contribution < 1.29 is 14.3 Å². The fraction of sp³-hybridized carbons (Fsp3) is 0.333. The minimum atomic E-state index is -0.161. The Kier molecular flexibility index (Phi) is 3.39. The number of ether oxygens (including phenoxy) is 1. The molecular formula is C12H14N2O3. The Morgan fingerprint density at radius 2 is 2.35 bits per heavy atom. The summed E-state index contributed by atoms with van der Waals surface area (Å²) in [6.07, 6.45) is 0.390. The fourth-order valence-corrected chi connectivity index (χ4v) is 1.72. The van der Waals surface area contributed by atoms with Crippen LogP contribution in [0.2, 0.25) is 0 Å². The van der Waals surface area contributed by atoms with E-state index < -0.39 is 0 Å². The molecule has 0 radical (unpaired) electrons. The van der Waals surface area contributed by atoms with E-state index in [0.29, 0.717) is 25.1 Å². The van der Waals surface area contributed by atoms with Gasteiger partial charge in [-0.2, -0.15) is 0 Å². The van der Waals surface area contributed by atoms with E-state index in [4.69, 9.17) is 4.74 Å². The first-order valence-corrected chi connectivity index (χ1v) is 5.40. The van der Waals surface area contributed by atoms with E-state index in [-0.39, 0.29) is 11.8 Å². The van der Waals surface area contributed by atoms with Gasteiger partial charge in [-0.3, -0.25) is 9.59 Å². The Labute approximate surface area is 99.2 Å². The third kappa shape index (κ3) is 2.62.